The van der Waals surface area contributed by atoms with E-state index in [2.05, 4.69) is 4.98 Å². The van der Waals surface area contributed by atoms with Gasteiger partial charge in [0.25, 0.3) is 0 Å². The minimum atomic E-state index is -2.84. The zero-order valence-corrected chi connectivity index (χ0v) is 12.8. The van der Waals surface area contributed by atoms with Crippen molar-refractivity contribution in [3.63, 3.8) is 0 Å². The first kappa shape index (κ1) is 15.3. The molecule has 1 aliphatic heterocycles. The number of ether oxygens (including phenoxy) is 1. The maximum Gasteiger partial charge on any atom is 0.150 e. The van der Waals surface area contributed by atoms with Crippen molar-refractivity contribution in [1.82, 2.24) is 4.98 Å². The van der Waals surface area contributed by atoms with Crippen LogP contribution in [0.15, 0.2) is 18.5 Å². The highest BCUT2D eigenvalue weighted by molar-refractivity contribution is 7.91. The monoisotopic (exact) mass is 298 g/mol. The molecule has 6 heteroatoms. The minimum Gasteiger partial charge on any atom is -0.489 e. The van der Waals surface area contributed by atoms with Crippen molar-refractivity contribution in [3.05, 3.63) is 24.0 Å². The van der Waals surface area contributed by atoms with Crippen LogP contribution < -0.4 is 10.5 Å². The number of hydrogen-bond acceptors (Lipinski definition) is 5. The summed E-state index contributed by atoms with van der Waals surface area (Å²) in [5, 5.41) is 0. The molecule has 0 amide bonds. The molecule has 2 N–H and O–H groups in total. The quantitative estimate of drug-likeness (QED) is 0.894. The molecule has 1 fully saturated rings. The lowest BCUT2D eigenvalue weighted by atomic mass is 9.96. The van der Waals surface area contributed by atoms with Crippen LogP contribution in [0.4, 0.5) is 0 Å². The molecule has 0 spiro atoms. The van der Waals surface area contributed by atoms with E-state index >= 15 is 0 Å². The summed E-state index contributed by atoms with van der Waals surface area (Å²) in [5.41, 5.74) is 7.07. The largest absolute Gasteiger partial charge is 0.489 e. The lowest BCUT2D eigenvalue weighted by Gasteiger charge is -2.17. The van der Waals surface area contributed by atoms with Crippen LogP contribution in [0.3, 0.4) is 0 Å². The van der Waals surface area contributed by atoms with Crippen molar-refractivity contribution in [1.29, 1.82) is 0 Å². The van der Waals surface area contributed by atoms with Gasteiger partial charge in [-0.3, -0.25) is 4.98 Å². The zero-order chi connectivity index (χ0) is 14.8. The molecule has 0 aliphatic carbocycles. The second-order valence-electron chi connectivity index (χ2n) is 5.73. The van der Waals surface area contributed by atoms with E-state index in [-0.39, 0.29) is 23.8 Å². The van der Waals surface area contributed by atoms with E-state index in [9.17, 15) is 8.42 Å². The van der Waals surface area contributed by atoms with E-state index in [1.807, 2.05) is 19.9 Å². The van der Waals surface area contributed by atoms with Gasteiger partial charge in [0.1, 0.15) is 5.75 Å². The van der Waals surface area contributed by atoms with Crippen molar-refractivity contribution >= 4 is 9.84 Å². The van der Waals surface area contributed by atoms with Gasteiger partial charge in [-0.25, -0.2) is 8.42 Å². The van der Waals surface area contributed by atoms with Crippen LogP contribution >= 0.6 is 0 Å². The molecule has 2 heterocycles. The summed E-state index contributed by atoms with van der Waals surface area (Å²) in [7, 11) is -2.84. The second kappa shape index (κ2) is 6.10. The highest BCUT2D eigenvalue weighted by Crippen LogP contribution is 2.28. The molecule has 2 unspecified atom stereocenters. The Balaban J connectivity index is 2.00. The number of nitrogens with zero attached hydrogens (tertiary/aromatic N) is 1. The van der Waals surface area contributed by atoms with E-state index in [4.69, 9.17) is 10.5 Å². The maximum absolute atomic E-state index is 11.5. The van der Waals surface area contributed by atoms with Gasteiger partial charge < -0.3 is 10.5 Å². The Kier molecular flexibility index (Phi) is 4.65. The first-order valence-corrected chi connectivity index (χ1v) is 8.75. The van der Waals surface area contributed by atoms with Gasteiger partial charge in [0.05, 0.1) is 23.8 Å². The van der Waals surface area contributed by atoms with E-state index < -0.39 is 9.84 Å². The van der Waals surface area contributed by atoms with Gasteiger partial charge in [0.15, 0.2) is 9.84 Å². The smallest absolute Gasteiger partial charge is 0.150 e. The predicted octanol–water partition coefficient (Wildman–Crippen LogP) is 1.69. The third-order valence-electron chi connectivity index (χ3n) is 3.45. The molecule has 0 bridgehead atoms. The Labute approximate surface area is 120 Å². The van der Waals surface area contributed by atoms with Crippen LogP contribution in [0.2, 0.25) is 0 Å². The molecule has 1 aromatic rings. The Morgan fingerprint density at radius 3 is 2.80 bits per heavy atom. The Morgan fingerprint density at radius 1 is 1.45 bits per heavy atom. The topological polar surface area (TPSA) is 82.3 Å². The fourth-order valence-electron chi connectivity index (χ4n) is 2.53. The fraction of sp³-hybridized carbons (Fsp3) is 0.643. The van der Waals surface area contributed by atoms with Gasteiger partial charge in [-0.2, -0.15) is 0 Å². The standard InChI is InChI=1S/C14H22N2O3S/c1-10(2)19-13-6-12(7-16-8-13)14(15)5-11-3-4-20(17,18)9-11/h6-8,10-11,14H,3-5,9,15H2,1-2H3. The summed E-state index contributed by atoms with van der Waals surface area (Å²) >= 11 is 0. The molecule has 20 heavy (non-hydrogen) atoms. The van der Waals surface area contributed by atoms with Crippen LogP contribution in [0, 0.1) is 5.92 Å². The number of nitrogens with two attached hydrogens (primary N) is 1. The Hall–Kier alpha value is -1.14. The van der Waals surface area contributed by atoms with Crippen molar-refractivity contribution < 1.29 is 13.2 Å². The molecule has 0 aromatic carbocycles. The van der Waals surface area contributed by atoms with E-state index in [0.717, 1.165) is 5.56 Å². The number of hydrogen-bond donors (Lipinski definition) is 1. The second-order valence-corrected chi connectivity index (χ2v) is 7.96. The average Bonchev–Trinajstić information content (AvgIpc) is 2.68. The molecule has 112 valence electrons. The molecule has 1 aromatic heterocycles. The lowest BCUT2D eigenvalue weighted by molar-refractivity contribution is 0.241. The van der Waals surface area contributed by atoms with Gasteiger partial charge in [-0.1, -0.05) is 0 Å². The van der Waals surface area contributed by atoms with Crippen molar-refractivity contribution in [2.75, 3.05) is 11.5 Å². The highest BCUT2D eigenvalue weighted by atomic mass is 32.2. The summed E-state index contributed by atoms with van der Waals surface area (Å²) < 4.78 is 28.5. The normalized spacial score (nSPS) is 22.9. The third-order valence-corrected chi connectivity index (χ3v) is 5.29. The van der Waals surface area contributed by atoms with Crippen LogP contribution in [0.5, 0.6) is 5.75 Å². The summed E-state index contributed by atoms with van der Waals surface area (Å²) in [6, 6.07) is 1.69. The van der Waals surface area contributed by atoms with Crippen LogP contribution in [-0.4, -0.2) is 31.0 Å². The van der Waals surface area contributed by atoms with Gasteiger partial charge in [-0.05, 0) is 44.2 Å². The van der Waals surface area contributed by atoms with Crippen molar-refractivity contribution in [3.8, 4) is 5.75 Å². The molecule has 0 saturated carbocycles. The minimum absolute atomic E-state index is 0.0863. The van der Waals surface area contributed by atoms with Crippen molar-refractivity contribution in [2.24, 2.45) is 11.7 Å². The number of rotatable bonds is 5. The number of aromatic nitrogens is 1. The summed E-state index contributed by atoms with van der Waals surface area (Å²) in [6.07, 6.45) is 4.86. The fourth-order valence-corrected chi connectivity index (χ4v) is 4.41. The Bertz CT molecular complexity index is 557. The first-order valence-electron chi connectivity index (χ1n) is 6.93. The van der Waals surface area contributed by atoms with Gasteiger partial charge in [0, 0.05) is 12.2 Å². The first-order chi connectivity index (χ1) is 9.35. The molecule has 5 nitrogen and oxygen atoms in total. The number of sulfone groups is 1. The maximum atomic E-state index is 11.5. The average molecular weight is 298 g/mol. The van der Waals surface area contributed by atoms with Crippen LogP contribution in [0.1, 0.15) is 38.3 Å². The lowest BCUT2D eigenvalue weighted by Crippen LogP contribution is -2.17. The van der Waals surface area contributed by atoms with E-state index in [1.54, 1.807) is 12.4 Å². The molecule has 1 aliphatic rings. The predicted molar refractivity (Wildman–Crippen MR) is 78.3 cm³/mol. The van der Waals surface area contributed by atoms with Gasteiger partial charge >= 0.3 is 0 Å². The van der Waals surface area contributed by atoms with Crippen LogP contribution in [0.25, 0.3) is 0 Å². The van der Waals surface area contributed by atoms with Gasteiger partial charge in [-0.15, -0.1) is 0 Å². The molecular weight excluding hydrogens is 276 g/mol. The SMILES string of the molecule is CC(C)Oc1cncc(C(N)CC2CCS(=O)(=O)C2)c1. The third kappa shape index (κ3) is 4.18. The molecular formula is C14H22N2O3S. The molecule has 2 atom stereocenters. The summed E-state index contributed by atoms with van der Waals surface area (Å²) in [6.45, 7) is 3.91. The highest BCUT2D eigenvalue weighted by Gasteiger charge is 2.29. The molecule has 1 saturated heterocycles. The summed E-state index contributed by atoms with van der Waals surface area (Å²) in [5.74, 6) is 1.41. The number of pyridine rings is 1. The van der Waals surface area contributed by atoms with Gasteiger partial charge in [0.2, 0.25) is 0 Å². The van der Waals surface area contributed by atoms with E-state index in [0.29, 0.717) is 24.3 Å². The summed E-state index contributed by atoms with van der Waals surface area (Å²) in [4.78, 5) is 4.14. The van der Waals surface area contributed by atoms with Crippen molar-refractivity contribution in [2.45, 2.75) is 38.8 Å². The molecule has 2 rings (SSSR count). The van der Waals surface area contributed by atoms with Crippen LogP contribution in [-0.2, 0) is 9.84 Å². The zero-order valence-electron chi connectivity index (χ0n) is 12.0. The van der Waals surface area contributed by atoms with E-state index in [1.165, 1.54) is 0 Å². The molecule has 0 radical (unpaired) electrons. The Morgan fingerprint density at radius 2 is 2.20 bits per heavy atom.